The van der Waals surface area contributed by atoms with Crippen LogP contribution in [0.3, 0.4) is 0 Å². The van der Waals surface area contributed by atoms with Crippen molar-refractivity contribution in [1.29, 1.82) is 0 Å². The number of rotatable bonds is 0. The Hall–Kier alpha value is -0.960. The van der Waals surface area contributed by atoms with Crippen molar-refractivity contribution >= 4 is 22.6 Å². The molecular weight excluding hydrogens is 180 g/mol. The molecule has 13 heavy (non-hydrogen) atoms. The second kappa shape index (κ2) is 2.77. The smallest absolute Gasteiger partial charge is 0.168 e. The molecular formula is C10H10N2S. The van der Waals surface area contributed by atoms with Gasteiger partial charge in [-0.1, -0.05) is 12.1 Å². The third kappa shape index (κ3) is 1.07. The molecule has 66 valence electrons. The van der Waals surface area contributed by atoms with E-state index in [1.807, 2.05) is 0 Å². The number of fused-ring (bicyclic) bond motifs is 3. The quantitative estimate of drug-likeness (QED) is 0.624. The summed E-state index contributed by atoms with van der Waals surface area (Å²) in [6, 6.07) is 8.53. The van der Waals surface area contributed by atoms with Gasteiger partial charge in [0.25, 0.3) is 0 Å². The molecule has 3 rings (SSSR count). The molecule has 0 radical (unpaired) electrons. The fourth-order valence-electron chi connectivity index (χ4n) is 1.76. The van der Waals surface area contributed by atoms with Crippen LogP contribution in [0.25, 0.3) is 0 Å². The molecule has 0 unspecified atom stereocenters. The van der Waals surface area contributed by atoms with Crippen molar-refractivity contribution in [2.75, 3.05) is 18.0 Å². The lowest BCUT2D eigenvalue weighted by Crippen LogP contribution is -2.30. The monoisotopic (exact) mass is 190 g/mol. The molecule has 0 spiro atoms. The first-order valence-corrected chi connectivity index (χ1v) is 5.36. The molecule has 0 N–H and O–H groups in total. The van der Waals surface area contributed by atoms with Gasteiger partial charge < -0.3 is 4.90 Å². The van der Waals surface area contributed by atoms with Crippen LogP contribution in [-0.4, -0.2) is 18.3 Å². The Balaban J connectivity index is 2.12. The van der Waals surface area contributed by atoms with Crippen LogP contribution in [0.5, 0.6) is 0 Å². The van der Waals surface area contributed by atoms with E-state index in [-0.39, 0.29) is 0 Å². The molecule has 2 aliphatic heterocycles. The molecule has 0 aliphatic carbocycles. The van der Waals surface area contributed by atoms with Crippen LogP contribution in [0.1, 0.15) is 6.42 Å². The summed E-state index contributed by atoms with van der Waals surface area (Å²) in [5.41, 5.74) is 1.34. The van der Waals surface area contributed by atoms with E-state index in [0.29, 0.717) is 0 Å². The van der Waals surface area contributed by atoms with Crippen LogP contribution in [0.4, 0.5) is 5.69 Å². The molecule has 1 aromatic rings. The van der Waals surface area contributed by atoms with Gasteiger partial charge >= 0.3 is 0 Å². The highest BCUT2D eigenvalue weighted by Gasteiger charge is 2.27. The summed E-state index contributed by atoms with van der Waals surface area (Å²) in [7, 11) is 0. The van der Waals surface area contributed by atoms with Gasteiger partial charge in [0.15, 0.2) is 5.17 Å². The van der Waals surface area contributed by atoms with Crippen LogP contribution in [0, 0.1) is 0 Å². The molecule has 0 saturated heterocycles. The molecule has 0 aromatic heterocycles. The Labute approximate surface area is 81.7 Å². The first kappa shape index (κ1) is 7.44. The topological polar surface area (TPSA) is 15.6 Å². The van der Waals surface area contributed by atoms with E-state index >= 15 is 0 Å². The zero-order valence-electron chi connectivity index (χ0n) is 7.23. The van der Waals surface area contributed by atoms with Crippen LogP contribution in [0.15, 0.2) is 34.2 Å². The zero-order chi connectivity index (χ0) is 8.67. The molecule has 2 aliphatic rings. The van der Waals surface area contributed by atoms with Gasteiger partial charge in [-0.15, -0.1) is 0 Å². The highest BCUT2D eigenvalue weighted by molar-refractivity contribution is 8.14. The molecule has 3 heteroatoms. The third-order valence-corrected chi connectivity index (χ3v) is 3.47. The number of para-hydroxylation sites is 1. The predicted molar refractivity (Wildman–Crippen MR) is 56.6 cm³/mol. The van der Waals surface area contributed by atoms with E-state index in [4.69, 9.17) is 0 Å². The summed E-state index contributed by atoms with van der Waals surface area (Å²) in [6.45, 7) is 2.12. The molecule has 0 atom stereocenters. The number of hydrogen-bond donors (Lipinski definition) is 0. The normalized spacial score (nSPS) is 19.4. The van der Waals surface area contributed by atoms with Gasteiger partial charge in [0, 0.05) is 18.0 Å². The van der Waals surface area contributed by atoms with Crippen molar-refractivity contribution in [1.82, 2.24) is 0 Å². The van der Waals surface area contributed by atoms with Crippen molar-refractivity contribution in [3.05, 3.63) is 24.3 Å². The van der Waals surface area contributed by atoms with E-state index in [1.165, 1.54) is 22.2 Å². The summed E-state index contributed by atoms with van der Waals surface area (Å²) in [5, 5.41) is 1.19. The van der Waals surface area contributed by atoms with Crippen molar-refractivity contribution in [3.8, 4) is 0 Å². The number of amidine groups is 1. The predicted octanol–water partition coefficient (Wildman–Crippen LogP) is 2.36. The van der Waals surface area contributed by atoms with E-state index in [1.54, 1.807) is 11.8 Å². The molecule has 0 saturated carbocycles. The number of benzene rings is 1. The van der Waals surface area contributed by atoms with E-state index in [2.05, 4.69) is 34.2 Å². The minimum Gasteiger partial charge on any atom is -0.320 e. The van der Waals surface area contributed by atoms with Gasteiger partial charge in [-0.25, -0.2) is 0 Å². The molecule has 0 amide bonds. The first-order valence-electron chi connectivity index (χ1n) is 4.54. The lowest BCUT2D eigenvalue weighted by atomic mass is 10.2. The number of nitrogens with zero attached hydrogens (tertiary/aromatic N) is 2. The maximum Gasteiger partial charge on any atom is 0.168 e. The fraction of sp³-hybridized carbons (Fsp3) is 0.300. The Kier molecular flexibility index (Phi) is 1.59. The fourth-order valence-corrected chi connectivity index (χ4v) is 2.84. The number of thioether (sulfide) groups is 1. The Morgan fingerprint density at radius 2 is 2.23 bits per heavy atom. The maximum absolute atomic E-state index is 4.51. The third-order valence-electron chi connectivity index (χ3n) is 2.38. The van der Waals surface area contributed by atoms with Crippen LogP contribution in [-0.2, 0) is 0 Å². The summed E-state index contributed by atoms with van der Waals surface area (Å²) < 4.78 is 0. The minimum absolute atomic E-state index is 0.993. The highest BCUT2D eigenvalue weighted by atomic mass is 32.2. The van der Waals surface area contributed by atoms with Gasteiger partial charge in [-0.05, 0) is 30.3 Å². The maximum atomic E-state index is 4.51. The number of hydrogen-bond acceptors (Lipinski definition) is 3. The van der Waals surface area contributed by atoms with Crippen LogP contribution >= 0.6 is 11.8 Å². The second-order valence-corrected chi connectivity index (χ2v) is 4.25. The van der Waals surface area contributed by atoms with Gasteiger partial charge in [0.1, 0.15) is 0 Å². The Bertz CT molecular complexity index is 373. The van der Waals surface area contributed by atoms with Crippen molar-refractivity contribution in [2.45, 2.75) is 11.3 Å². The molecule has 2 heterocycles. The van der Waals surface area contributed by atoms with Crippen molar-refractivity contribution < 1.29 is 0 Å². The van der Waals surface area contributed by atoms with Crippen LogP contribution < -0.4 is 4.90 Å². The van der Waals surface area contributed by atoms with E-state index < -0.39 is 0 Å². The average Bonchev–Trinajstić information content (AvgIpc) is 2.56. The summed E-state index contributed by atoms with van der Waals surface area (Å²) >= 11 is 1.80. The zero-order valence-corrected chi connectivity index (χ0v) is 8.05. The Morgan fingerprint density at radius 1 is 1.31 bits per heavy atom. The highest BCUT2D eigenvalue weighted by Crippen LogP contribution is 2.40. The standard InChI is InChI=1S/C10H10N2S/c1-2-5-9-8(4-1)12-7-3-6-11-10(12)13-9/h1-2,4-5H,3,6-7H2. The summed E-state index contributed by atoms with van der Waals surface area (Å²) in [4.78, 5) is 8.18. The Morgan fingerprint density at radius 3 is 3.23 bits per heavy atom. The van der Waals surface area contributed by atoms with Gasteiger partial charge in [0.2, 0.25) is 0 Å². The average molecular weight is 190 g/mol. The molecule has 0 bridgehead atoms. The number of anilines is 1. The van der Waals surface area contributed by atoms with Gasteiger partial charge in [0.05, 0.1) is 5.69 Å². The SMILES string of the molecule is c1ccc2c(c1)SC1=NCCCN12. The van der Waals surface area contributed by atoms with Crippen LogP contribution in [0.2, 0.25) is 0 Å². The van der Waals surface area contributed by atoms with Crippen molar-refractivity contribution in [2.24, 2.45) is 4.99 Å². The summed E-state index contributed by atoms with van der Waals surface area (Å²) in [6.07, 6.45) is 1.18. The van der Waals surface area contributed by atoms with Gasteiger partial charge in [-0.2, -0.15) is 0 Å². The van der Waals surface area contributed by atoms with Gasteiger partial charge in [-0.3, -0.25) is 4.99 Å². The molecule has 0 fully saturated rings. The first-order chi connectivity index (χ1) is 6.45. The van der Waals surface area contributed by atoms with E-state index in [0.717, 1.165) is 13.1 Å². The lowest BCUT2D eigenvalue weighted by molar-refractivity contribution is 0.798. The van der Waals surface area contributed by atoms with E-state index in [9.17, 15) is 0 Å². The lowest BCUT2D eigenvalue weighted by Gasteiger charge is -2.22. The largest absolute Gasteiger partial charge is 0.320 e. The second-order valence-electron chi connectivity index (χ2n) is 3.24. The number of aliphatic imine (C=N–C) groups is 1. The minimum atomic E-state index is 0.993. The summed E-state index contributed by atoms with van der Waals surface area (Å²) in [5.74, 6) is 0. The molecule has 2 nitrogen and oxygen atoms in total. The molecule has 1 aromatic carbocycles. The van der Waals surface area contributed by atoms with Crippen molar-refractivity contribution in [3.63, 3.8) is 0 Å².